The van der Waals surface area contributed by atoms with Gasteiger partial charge in [0.25, 0.3) is 0 Å². The van der Waals surface area contributed by atoms with Crippen LogP contribution in [-0.2, 0) is 9.59 Å². The molecule has 1 N–H and O–H groups in total. The Morgan fingerprint density at radius 3 is 2.74 bits per heavy atom. The average molecular weight is 254 g/mol. The molecular weight excluding hydrogens is 240 g/mol. The highest BCUT2D eigenvalue weighted by atomic mass is 16.2. The highest BCUT2D eigenvalue weighted by Gasteiger charge is 2.38. The summed E-state index contributed by atoms with van der Waals surface area (Å²) in [6.07, 6.45) is 0.781. The van der Waals surface area contributed by atoms with Crippen molar-refractivity contribution in [2.24, 2.45) is 10.9 Å². The van der Waals surface area contributed by atoms with Crippen molar-refractivity contribution in [1.82, 2.24) is 5.32 Å². The van der Waals surface area contributed by atoms with Gasteiger partial charge in [-0.2, -0.15) is 0 Å². The minimum absolute atomic E-state index is 0.150. The molecule has 1 unspecified atom stereocenters. The maximum atomic E-state index is 12.1. The summed E-state index contributed by atoms with van der Waals surface area (Å²) in [5.41, 5.74) is 3.43. The van der Waals surface area contributed by atoms with E-state index in [4.69, 9.17) is 0 Å². The summed E-state index contributed by atoms with van der Waals surface area (Å²) in [7, 11) is 0. The first-order valence-electron chi connectivity index (χ1n) is 6.33. The van der Waals surface area contributed by atoms with Crippen molar-refractivity contribution in [2.45, 2.75) is 13.3 Å². The molecule has 4 heteroatoms. The van der Waals surface area contributed by atoms with Gasteiger partial charge in [-0.05, 0) is 18.9 Å². The van der Waals surface area contributed by atoms with Crippen molar-refractivity contribution in [3.8, 4) is 0 Å². The molecule has 0 radical (unpaired) electrons. The summed E-state index contributed by atoms with van der Waals surface area (Å²) in [5.74, 6) is -1.15. The minimum atomic E-state index is -0.732. The van der Waals surface area contributed by atoms with Gasteiger partial charge in [0.15, 0.2) is 0 Å². The van der Waals surface area contributed by atoms with Crippen LogP contribution in [0, 0.1) is 5.92 Å². The van der Waals surface area contributed by atoms with E-state index in [9.17, 15) is 9.59 Å². The van der Waals surface area contributed by atoms with E-state index in [1.165, 1.54) is 6.92 Å². The van der Waals surface area contributed by atoms with Crippen LogP contribution in [0.5, 0.6) is 0 Å². The second-order valence-electron chi connectivity index (χ2n) is 4.77. The molecule has 3 rings (SSSR count). The van der Waals surface area contributed by atoms with E-state index in [1.54, 1.807) is 0 Å². The first kappa shape index (κ1) is 11.8. The van der Waals surface area contributed by atoms with Gasteiger partial charge < -0.3 is 5.32 Å². The number of benzene rings is 1. The number of rotatable bonds is 2. The zero-order valence-electron chi connectivity index (χ0n) is 10.6. The number of nitrogens with one attached hydrogen (secondary N) is 1. The Balaban J connectivity index is 2.12. The third-order valence-corrected chi connectivity index (χ3v) is 3.51. The van der Waals surface area contributed by atoms with Gasteiger partial charge in [0, 0.05) is 12.1 Å². The van der Waals surface area contributed by atoms with Gasteiger partial charge in [-0.25, -0.2) is 0 Å². The summed E-state index contributed by atoms with van der Waals surface area (Å²) in [6, 6.07) is 9.69. The highest BCUT2D eigenvalue weighted by molar-refractivity contribution is 6.31. The molecule has 1 amide bonds. The fraction of sp³-hybridized carbons (Fsp3) is 0.267. The molecule has 0 saturated carbocycles. The number of carbonyl (C=O) groups excluding carboxylic acids is 2. The second-order valence-corrected chi connectivity index (χ2v) is 4.77. The van der Waals surface area contributed by atoms with Gasteiger partial charge >= 0.3 is 0 Å². The minimum Gasteiger partial charge on any atom is -0.324 e. The van der Waals surface area contributed by atoms with E-state index in [0.717, 1.165) is 23.3 Å². The molecule has 2 aliphatic rings. The first-order valence-corrected chi connectivity index (χ1v) is 6.33. The molecule has 96 valence electrons. The molecule has 0 fully saturated rings. The fourth-order valence-electron chi connectivity index (χ4n) is 2.65. The van der Waals surface area contributed by atoms with Crippen molar-refractivity contribution in [3.05, 3.63) is 41.5 Å². The highest BCUT2D eigenvalue weighted by Crippen LogP contribution is 2.31. The van der Waals surface area contributed by atoms with Gasteiger partial charge in [-0.1, -0.05) is 30.3 Å². The van der Waals surface area contributed by atoms with E-state index in [0.29, 0.717) is 12.3 Å². The predicted octanol–water partition coefficient (Wildman–Crippen LogP) is 1.58. The van der Waals surface area contributed by atoms with Crippen molar-refractivity contribution in [1.29, 1.82) is 0 Å². The van der Waals surface area contributed by atoms with Crippen LogP contribution in [-0.4, -0.2) is 23.9 Å². The lowest BCUT2D eigenvalue weighted by Crippen LogP contribution is -2.43. The molecule has 0 saturated heterocycles. The van der Waals surface area contributed by atoms with Gasteiger partial charge in [0.1, 0.15) is 11.7 Å². The number of nitrogens with zero attached hydrogens (tertiary/aromatic N) is 1. The molecule has 1 atom stereocenters. The van der Waals surface area contributed by atoms with Crippen molar-refractivity contribution in [3.63, 3.8) is 0 Å². The van der Waals surface area contributed by atoms with E-state index in [-0.39, 0.29) is 11.7 Å². The zero-order chi connectivity index (χ0) is 13.4. The number of ketones is 1. The van der Waals surface area contributed by atoms with E-state index >= 15 is 0 Å². The molecule has 1 aromatic carbocycles. The lowest BCUT2D eigenvalue weighted by molar-refractivity contribution is -0.129. The van der Waals surface area contributed by atoms with Crippen molar-refractivity contribution < 1.29 is 9.59 Å². The number of hydrogen-bond donors (Lipinski definition) is 1. The number of carbonyl (C=O) groups is 2. The molecule has 2 heterocycles. The van der Waals surface area contributed by atoms with Crippen LogP contribution < -0.4 is 5.32 Å². The standard InChI is InChI=1S/C15H14N2O2/c1-9(18)12-14-11(7-8-16-14)13(17-15(12)19)10-5-3-2-4-6-10/h2-6,12H,7-8H2,1H3,(H,17,19). The number of amides is 1. The van der Waals surface area contributed by atoms with Crippen LogP contribution in [0.4, 0.5) is 0 Å². The van der Waals surface area contributed by atoms with Crippen LogP contribution in [0.15, 0.2) is 40.9 Å². The number of Topliss-reactive ketones (excluding diaryl/α,β-unsaturated/α-hetero) is 1. The van der Waals surface area contributed by atoms with Crippen LogP contribution in [0.1, 0.15) is 18.9 Å². The zero-order valence-corrected chi connectivity index (χ0v) is 10.6. The van der Waals surface area contributed by atoms with Crippen LogP contribution >= 0.6 is 0 Å². The van der Waals surface area contributed by atoms with E-state index in [1.807, 2.05) is 30.3 Å². The third kappa shape index (κ3) is 1.89. The molecule has 0 spiro atoms. The normalized spacial score (nSPS) is 21.8. The molecular formula is C15H14N2O2. The lowest BCUT2D eigenvalue weighted by atomic mass is 9.86. The number of fused-ring (bicyclic) bond motifs is 1. The topological polar surface area (TPSA) is 58.5 Å². The Morgan fingerprint density at radius 2 is 2.05 bits per heavy atom. The van der Waals surface area contributed by atoms with Gasteiger partial charge in [-0.15, -0.1) is 0 Å². The summed E-state index contributed by atoms with van der Waals surface area (Å²) >= 11 is 0. The molecule has 2 aliphatic heterocycles. The van der Waals surface area contributed by atoms with Gasteiger partial charge in [-0.3, -0.25) is 14.6 Å². The number of aliphatic imine (C=N–C) groups is 1. The molecule has 0 bridgehead atoms. The average Bonchev–Trinajstić information content (AvgIpc) is 2.87. The maximum Gasteiger partial charge on any atom is 0.241 e. The maximum absolute atomic E-state index is 12.1. The molecule has 1 aromatic rings. The lowest BCUT2D eigenvalue weighted by Gasteiger charge is -2.25. The second kappa shape index (κ2) is 4.46. The summed E-state index contributed by atoms with van der Waals surface area (Å²) in [6.45, 7) is 2.09. The number of hydrogen-bond acceptors (Lipinski definition) is 3. The Kier molecular flexibility index (Phi) is 2.78. The summed E-state index contributed by atoms with van der Waals surface area (Å²) in [4.78, 5) is 28.1. The van der Waals surface area contributed by atoms with Crippen LogP contribution in [0.25, 0.3) is 5.70 Å². The Labute approximate surface area is 111 Å². The Morgan fingerprint density at radius 1 is 1.32 bits per heavy atom. The van der Waals surface area contributed by atoms with Crippen molar-refractivity contribution in [2.75, 3.05) is 6.54 Å². The summed E-state index contributed by atoms with van der Waals surface area (Å²) in [5, 5.41) is 2.87. The fourth-order valence-corrected chi connectivity index (χ4v) is 2.65. The first-order chi connectivity index (χ1) is 9.18. The van der Waals surface area contributed by atoms with Crippen LogP contribution in [0.2, 0.25) is 0 Å². The monoisotopic (exact) mass is 254 g/mol. The van der Waals surface area contributed by atoms with E-state index in [2.05, 4.69) is 10.3 Å². The largest absolute Gasteiger partial charge is 0.324 e. The molecule has 19 heavy (non-hydrogen) atoms. The van der Waals surface area contributed by atoms with Gasteiger partial charge in [0.05, 0.1) is 11.4 Å². The smallest absolute Gasteiger partial charge is 0.241 e. The molecule has 0 aromatic heterocycles. The van der Waals surface area contributed by atoms with Crippen LogP contribution in [0.3, 0.4) is 0 Å². The predicted molar refractivity (Wildman–Crippen MR) is 72.6 cm³/mol. The molecule has 4 nitrogen and oxygen atoms in total. The van der Waals surface area contributed by atoms with Crippen molar-refractivity contribution >= 4 is 23.1 Å². The van der Waals surface area contributed by atoms with E-state index < -0.39 is 5.92 Å². The third-order valence-electron chi connectivity index (χ3n) is 3.51. The molecule has 0 aliphatic carbocycles. The quantitative estimate of drug-likeness (QED) is 0.814. The summed E-state index contributed by atoms with van der Waals surface area (Å²) < 4.78 is 0. The Bertz CT molecular complexity index is 614. The SMILES string of the molecule is CC(=O)C1C(=O)NC(c2ccccc2)=C2CCN=C21. The van der Waals surface area contributed by atoms with Gasteiger partial charge in [0.2, 0.25) is 5.91 Å². The Hall–Kier alpha value is -2.23.